The number of pyridine rings is 1. The maximum Gasteiger partial charge on any atom is 0.252 e. The number of hydrogen-bond donors (Lipinski definition) is 1. The highest BCUT2D eigenvalue weighted by Crippen LogP contribution is 2.34. The van der Waals surface area contributed by atoms with Gasteiger partial charge in [-0.05, 0) is 84.3 Å². The van der Waals surface area contributed by atoms with E-state index in [4.69, 9.17) is 0 Å². The lowest BCUT2D eigenvalue weighted by atomic mass is 10.0. The monoisotopic (exact) mass is 488 g/mol. The van der Waals surface area contributed by atoms with E-state index in [1.54, 1.807) is 16.8 Å². The van der Waals surface area contributed by atoms with E-state index in [9.17, 15) is 9.18 Å². The first kappa shape index (κ1) is 24.3. The van der Waals surface area contributed by atoms with E-state index in [2.05, 4.69) is 51.4 Å². The Balaban J connectivity index is 1.50. The molecule has 0 amide bonds. The molecule has 36 heavy (non-hydrogen) atoms. The number of fused-ring (bicyclic) bond motifs is 1. The summed E-state index contributed by atoms with van der Waals surface area (Å²) in [6.45, 7) is 7.25. The van der Waals surface area contributed by atoms with E-state index < -0.39 is 0 Å². The van der Waals surface area contributed by atoms with Crippen molar-refractivity contribution in [2.75, 3.05) is 0 Å². The standard InChI is InChI=1S/C28H33FN6O/c1-4-25(27-31-32-33-35(27)16-20-9-11-23(29)12-10-20)34(24-7-5-6-8-24)17-22-15-21-14-18(2)13-19(3)26(21)30-28(22)36/h9-15,24-25H,4-8,16-17H2,1-3H3,(H,30,36)/t25-/m0/s1. The molecule has 1 saturated carbocycles. The van der Waals surface area contributed by atoms with Gasteiger partial charge in [0.2, 0.25) is 0 Å². The molecule has 1 aliphatic carbocycles. The highest BCUT2D eigenvalue weighted by molar-refractivity contribution is 5.82. The Morgan fingerprint density at radius 2 is 1.89 bits per heavy atom. The molecule has 1 N–H and O–H groups in total. The fourth-order valence-electron chi connectivity index (χ4n) is 5.67. The maximum atomic E-state index is 13.4. The third-order valence-corrected chi connectivity index (χ3v) is 7.41. The topological polar surface area (TPSA) is 79.7 Å². The Morgan fingerprint density at radius 3 is 2.61 bits per heavy atom. The van der Waals surface area contributed by atoms with Crippen LogP contribution < -0.4 is 5.56 Å². The Morgan fingerprint density at radius 1 is 1.14 bits per heavy atom. The van der Waals surface area contributed by atoms with Gasteiger partial charge in [-0.25, -0.2) is 9.07 Å². The van der Waals surface area contributed by atoms with E-state index in [1.165, 1.54) is 30.5 Å². The largest absolute Gasteiger partial charge is 0.321 e. The maximum absolute atomic E-state index is 13.4. The van der Waals surface area contributed by atoms with Crippen LogP contribution in [0.3, 0.4) is 0 Å². The molecule has 7 nitrogen and oxygen atoms in total. The second-order valence-electron chi connectivity index (χ2n) is 10.0. The fourth-order valence-corrected chi connectivity index (χ4v) is 5.67. The summed E-state index contributed by atoms with van der Waals surface area (Å²) in [6, 6.07) is 13.0. The number of nitrogens with one attached hydrogen (secondary N) is 1. The smallest absolute Gasteiger partial charge is 0.252 e. The molecule has 188 valence electrons. The van der Waals surface area contributed by atoms with Crippen LogP contribution >= 0.6 is 0 Å². The molecule has 2 heterocycles. The third kappa shape index (κ3) is 4.95. The van der Waals surface area contributed by atoms with Crippen molar-refractivity contribution >= 4 is 10.9 Å². The molecule has 0 bridgehead atoms. The first-order chi connectivity index (χ1) is 17.4. The van der Waals surface area contributed by atoms with Crippen molar-refractivity contribution in [3.8, 4) is 0 Å². The van der Waals surface area contributed by atoms with E-state index >= 15 is 0 Å². The van der Waals surface area contributed by atoms with Gasteiger partial charge in [0, 0.05) is 18.2 Å². The quantitative estimate of drug-likeness (QED) is 0.368. The van der Waals surface area contributed by atoms with Crippen LogP contribution in [0.1, 0.15) is 73.1 Å². The van der Waals surface area contributed by atoms with Crippen molar-refractivity contribution in [3.63, 3.8) is 0 Å². The van der Waals surface area contributed by atoms with Gasteiger partial charge in [-0.15, -0.1) is 5.10 Å². The minimum Gasteiger partial charge on any atom is -0.321 e. The molecule has 0 radical (unpaired) electrons. The number of hydrogen-bond acceptors (Lipinski definition) is 5. The lowest BCUT2D eigenvalue weighted by molar-refractivity contribution is 0.112. The molecule has 0 aliphatic heterocycles. The summed E-state index contributed by atoms with van der Waals surface area (Å²) in [5, 5.41) is 13.7. The highest BCUT2D eigenvalue weighted by Gasteiger charge is 2.32. The van der Waals surface area contributed by atoms with Gasteiger partial charge in [0.05, 0.1) is 18.1 Å². The Bertz CT molecular complexity index is 1400. The lowest BCUT2D eigenvalue weighted by Crippen LogP contribution is -2.39. The molecule has 8 heteroatoms. The van der Waals surface area contributed by atoms with Crippen molar-refractivity contribution in [2.45, 2.75) is 78.0 Å². The third-order valence-electron chi connectivity index (χ3n) is 7.41. The van der Waals surface area contributed by atoms with Crippen molar-refractivity contribution in [2.24, 2.45) is 0 Å². The molecule has 0 saturated heterocycles. The molecule has 4 aromatic rings. The summed E-state index contributed by atoms with van der Waals surface area (Å²) in [7, 11) is 0. The van der Waals surface area contributed by atoms with Crippen LogP contribution in [-0.4, -0.2) is 36.1 Å². The van der Waals surface area contributed by atoms with Crippen LogP contribution in [0.2, 0.25) is 0 Å². The predicted octanol–water partition coefficient (Wildman–Crippen LogP) is 5.21. The average molecular weight is 489 g/mol. The van der Waals surface area contributed by atoms with Gasteiger partial charge < -0.3 is 4.98 Å². The molecule has 0 spiro atoms. The Kier molecular flexibility index (Phi) is 6.96. The number of H-pyrrole nitrogens is 1. The first-order valence-electron chi connectivity index (χ1n) is 12.8. The van der Waals surface area contributed by atoms with E-state index in [0.29, 0.717) is 19.1 Å². The summed E-state index contributed by atoms with van der Waals surface area (Å²) in [5.41, 5.74) is 4.80. The molecule has 1 aliphatic rings. The molecule has 2 aromatic carbocycles. The Labute approximate surface area is 210 Å². The van der Waals surface area contributed by atoms with E-state index in [1.807, 2.05) is 13.0 Å². The average Bonchev–Trinajstić information content (AvgIpc) is 3.54. The fraction of sp³-hybridized carbons (Fsp3) is 0.429. The van der Waals surface area contributed by atoms with Crippen molar-refractivity contribution < 1.29 is 4.39 Å². The molecule has 0 unspecified atom stereocenters. The number of aromatic nitrogens is 5. The SMILES string of the molecule is CC[C@@H](c1nnnn1Cc1ccc(F)cc1)N(Cc1cc2cc(C)cc(C)c2[nH]c1=O)C1CCCC1. The van der Waals surface area contributed by atoms with Gasteiger partial charge >= 0.3 is 0 Å². The zero-order chi connectivity index (χ0) is 25.2. The van der Waals surface area contributed by atoms with Crippen molar-refractivity contribution in [1.29, 1.82) is 0 Å². The van der Waals surface area contributed by atoms with Crippen LogP contribution in [0, 0.1) is 19.7 Å². The summed E-state index contributed by atoms with van der Waals surface area (Å²) < 4.78 is 15.2. The number of halogens is 1. The highest BCUT2D eigenvalue weighted by atomic mass is 19.1. The first-order valence-corrected chi connectivity index (χ1v) is 12.8. The normalized spacial score (nSPS) is 15.2. The number of rotatable bonds is 8. The predicted molar refractivity (Wildman–Crippen MR) is 138 cm³/mol. The minimum absolute atomic E-state index is 0.0433. The number of aryl methyl sites for hydroxylation is 2. The van der Waals surface area contributed by atoms with Crippen molar-refractivity contribution in [3.05, 3.63) is 86.7 Å². The molecular formula is C28H33FN6O. The second kappa shape index (κ2) is 10.3. The zero-order valence-electron chi connectivity index (χ0n) is 21.2. The Hall–Kier alpha value is -3.39. The van der Waals surface area contributed by atoms with Gasteiger partial charge in [0.25, 0.3) is 5.56 Å². The van der Waals surface area contributed by atoms with Gasteiger partial charge in [-0.2, -0.15) is 0 Å². The number of benzene rings is 2. The molecule has 1 fully saturated rings. The summed E-state index contributed by atoms with van der Waals surface area (Å²) in [6.07, 6.45) is 5.37. The number of nitrogens with zero attached hydrogens (tertiary/aromatic N) is 5. The van der Waals surface area contributed by atoms with Crippen LogP contribution in [0.15, 0.2) is 47.3 Å². The summed E-state index contributed by atoms with van der Waals surface area (Å²) >= 11 is 0. The minimum atomic E-state index is -0.263. The van der Waals surface area contributed by atoms with Gasteiger partial charge in [-0.1, -0.05) is 43.5 Å². The van der Waals surface area contributed by atoms with Crippen LogP contribution in [0.4, 0.5) is 4.39 Å². The number of aromatic amines is 1. The van der Waals surface area contributed by atoms with Crippen LogP contribution in [0.25, 0.3) is 10.9 Å². The summed E-state index contributed by atoms with van der Waals surface area (Å²) in [5.74, 6) is 0.512. The van der Waals surface area contributed by atoms with Gasteiger partial charge in [0.15, 0.2) is 5.82 Å². The zero-order valence-corrected chi connectivity index (χ0v) is 21.2. The van der Waals surface area contributed by atoms with Gasteiger partial charge in [-0.3, -0.25) is 9.69 Å². The van der Waals surface area contributed by atoms with Crippen LogP contribution in [0.5, 0.6) is 0 Å². The van der Waals surface area contributed by atoms with Crippen molar-refractivity contribution in [1.82, 2.24) is 30.1 Å². The molecular weight excluding hydrogens is 455 g/mol. The number of tetrazole rings is 1. The van der Waals surface area contributed by atoms with E-state index in [-0.39, 0.29) is 17.4 Å². The molecule has 1 atom stereocenters. The van der Waals surface area contributed by atoms with E-state index in [0.717, 1.165) is 52.7 Å². The summed E-state index contributed by atoms with van der Waals surface area (Å²) in [4.78, 5) is 18.8. The van der Waals surface area contributed by atoms with Crippen LogP contribution in [-0.2, 0) is 13.1 Å². The van der Waals surface area contributed by atoms with Gasteiger partial charge in [0.1, 0.15) is 5.82 Å². The second-order valence-corrected chi connectivity index (χ2v) is 10.0. The molecule has 2 aromatic heterocycles. The lowest BCUT2D eigenvalue weighted by Gasteiger charge is -2.35. The molecule has 5 rings (SSSR count).